The molecule has 2 saturated heterocycles. The van der Waals surface area contributed by atoms with E-state index in [0.717, 1.165) is 30.9 Å². The summed E-state index contributed by atoms with van der Waals surface area (Å²) in [4.78, 5) is 28.1. The van der Waals surface area contributed by atoms with Gasteiger partial charge < -0.3 is 15.5 Å². The number of carbonyl (C=O) groups is 2. The fraction of sp³-hybridized carbons (Fsp3) is 0.647. The molecule has 1 unspecified atom stereocenters. The van der Waals surface area contributed by atoms with Gasteiger partial charge in [-0.15, -0.1) is 5.10 Å². The lowest BCUT2D eigenvalue weighted by Gasteiger charge is -2.37. The number of nitrogens with zero attached hydrogens (tertiary/aromatic N) is 4. The van der Waals surface area contributed by atoms with E-state index in [1.807, 2.05) is 24.0 Å². The number of aryl methyl sites for hydroxylation is 1. The molecule has 2 aliphatic rings. The molecule has 0 aromatic carbocycles. The number of likely N-dealkylation sites (tertiary alicyclic amines) is 1. The van der Waals surface area contributed by atoms with E-state index in [9.17, 15) is 9.59 Å². The zero-order valence-electron chi connectivity index (χ0n) is 14.1. The van der Waals surface area contributed by atoms with Gasteiger partial charge in [-0.2, -0.15) is 5.10 Å². The summed E-state index contributed by atoms with van der Waals surface area (Å²) >= 11 is 0. The first-order chi connectivity index (χ1) is 11.5. The highest BCUT2D eigenvalue weighted by molar-refractivity contribution is 5.81. The zero-order valence-corrected chi connectivity index (χ0v) is 14.1. The lowest BCUT2D eigenvalue weighted by atomic mass is 9.92. The van der Waals surface area contributed by atoms with Crippen LogP contribution < -0.4 is 10.6 Å². The smallest absolute Gasteiger partial charge is 0.227 e. The summed E-state index contributed by atoms with van der Waals surface area (Å²) in [5.74, 6) is 0.698. The van der Waals surface area contributed by atoms with Crippen molar-refractivity contribution in [1.29, 1.82) is 0 Å². The van der Waals surface area contributed by atoms with Crippen molar-refractivity contribution in [2.45, 2.75) is 32.6 Å². The topological polar surface area (TPSA) is 92.4 Å². The molecule has 7 nitrogen and oxygen atoms in total. The van der Waals surface area contributed by atoms with Gasteiger partial charge in [0.15, 0.2) is 5.82 Å². The predicted octanol–water partition coefficient (Wildman–Crippen LogP) is 0.725. The van der Waals surface area contributed by atoms with Crippen LogP contribution in [-0.2, 0) is 9.59 Å². The number of primary amides is 1. The molecule has 2 fully saturated rings. The number of amides is 2. The minimum atomic E-state index is -0.246. The summed E-state index contributed by atoms with van der Waals surface area (Å²) < 4.78 is 0. The van der Waals surface area contributed by atoms with Crippen LogP contribution in [0.1, 0.15) is 31.4 Å². The van der Waals surface area contributed by atoms with Crippen LogP contribution in [0.25, 0.3) is 0 Å². The fourth-order valence-electron chi connectivity index (χ4n) is 3.59. The van der Waals surface area contributed by atoms with E-state index in [1.165, 1.54) is 0 Å². The van der Waals surface area contributed by atoms with Crippen molar-refractivity contribution in [2.75, 3.05) is 31.1 Å². The van der Waals surface area contributed by atoms with E-state index in [2.05, 4.69) is 15.1 Å². The van der Waals surface area contributed by atoms with Gasteiger partial charge in [-0.1, -0.05) is 0 Å². The summed E-state index contributed by atoms with van der Waals surface area (Å²) in [6.45, 7) is 4.77. The third-order valence-corrected chi connectivity index (χ3v) is 5.09. The van der Waals surface area contributed by atoms with Crippen molar-refractivity contribution in [2.24, 2.45) is 17.6 Å². The number of hydrogen-bond acceptors (Lipinski definition) is 5. The highest BCUT2D eigenvalue weighted by Gasteiger charge is 2.32. The fourth-order valence-corrected chi connectivity index (χ4v) is 3.59. The molecule has 0 spiro atoms. The van der Waals surface area contributed by atoms with Crippen molar-refractivity contribution < 1.29 is 9.59 Å². The molecule has 7 heteroatoms. The molecular weight excluding hydrogens is 306 g/mol. The first-order valence-electron chi connectivity index (χ1n) is 8.68. The molecule has 3 heterocycles. The van der Waals surface area contributed by atoms with Crippen molar-refractivity contribution >= 4 is 17.6 Å². The first kappa shape index (κ1) is 16.7. The Morgan fingerprint density at radius 1 is 1.08 bits per heavy atom. The van der Waals surface area contributed by atoms with Crippen LogP contribution in [0.4, 0.5) is 5.82 Å². The first-order valence-corrected chi connectivity index (χ1v) is 8.68. The van der Waals surface area contributed by atoms with Crippen LogP contribution in [0.5, 0.6) is 0 Å². The maximum Gasteiger partial charge on any atom is 0.227 e. The van der Waals surface area contributed by atoms with Crippen LogP contribution in [0.15, 0.2) is 12.1 Å². The molecule has 1 aromatic heterocycles. The number of piperidine rings is 2. The van der Waals surface area contributed by atoms with Crippen molar-refractivity contribution in [1.82, 2.24) is 15.1 Å². The summed E-state index contributed by atoms with van der Waals surface area (Å²) in [6.07, 6.45) is 3.25. The zero-order chi connectivity index (χ0) is 17.1. The second-order valence-corrected chi connectivity index (χ2v) is 6.82. The maximum absolute atomic E-state index is 12.8. The minimum absolute atomic E-state index is 0.00742. The number of nitrogens with two attached hydrogens (primary N) is 1. The largest absolute Gasteiger partial charge is 0.369 e. The Kier molecular flexibility index (Phi) is 4.97. The van der Waals surface area contributed by atoms with Gasteiger partial charge >= 0.3 is 0 Å². The van der Waals surface area contributed by atoms with Gasteiger partial charge in [0.1, 0.15) is 0 Å². The summed E-state index contributed by atoms with van der Waals surface area (Å²) in [5, 5.41) is 8.35. The molecule has 24 heavy (non-hydrogen) atoms. The van der Waals surface area contributed by atoms with E-state index < -0.39 is 0 Å². The van der Waals surface area contributed by atoms with E-state index in [-0.39, 0.29) is 23.7 Å². The highest BCUT2D eigenvalue weighted by atomic mass is 16.2. The van der Waals surface area contributed by atoms with E-state index in [1.54, 1.807) is 0 Å². The van der Waals surface area contributed by atoms with E-state index in [0.29, 0.717) is 32.5 Å². The Bertz CT molecular complexity index is 596. The molecule has 0 radical (unpaired) electrons. The predicted molar refractivity (Wildman–Crippen MR) is 90.2 cm³/mol. The van der Waals surface area contributed by atoms with Gasteiger partial charge in [0, 0.05) is 32.1 Å². The van der Waals surface area contributed by atoms with Crippen LogP contribution in [0.2, 0.25) is 0 Å². The van der Waals surface area contributed by atoms with Crippen molar-refractivity contribution in [3.05, 3.63) is 17.8 Å². The molecule has 0 saturated carbocycles. The average molecular weight is 331 g/mol. The van der Waals surface area contributed by atoms with E-state index >= 15 is 0 Å². The van der Waals surface area contributed by atoms with E-state index in [4.69, 9.17) is 5.73 Å². The number of carbonyl (C=O) groups excluding carboxylic acids is 2. The Morgan fingerprint density at radius 2 is 1.83 bits per heavy atom. The van der Waals surface area contributed by atoms with Crippen LogP contribution in [0.3, 0.4) is 0 Å². The van der Waals surface area contributed by atoms with Gasteiger partial charge in [0.2, 0.25) is 11.8 Å². The van der Waals surface area contributed by atoms with Crippen LogP contribution in [-0.4, -0.2) is 53.1 Å². The van der Waals surface area contributed by atoms with Gasteiger partial charge in [0.05, 0.1) is 11.6 Å². The SMILES string of the molecule is Cc1ccc(N2CCCC(C(=O)N3CCC(C(N)=O)CC3)C2)nn1. The molecule has 0 aliphatic carbocycles. The second-order valence-electron chi connectivity index (χ2n) is 6.82. The summed E-state index contributed by atoms with van der Waals surface area (Å²) in [7, 11) is 0. The molecule has 0 bridgehead atoms. The minimum Gasteiger partial charge on any atom is -0.369 e. The standard InChI is InChI=1S/C17H25N5O2/c1-12-4-5-15(20-19-12)22-8-2-3-14(11-22)17(24)21-9-6-13(7-10-21)16(18)23/h4-5,13-14H,2-3,6-11H2,1H3,(H2,18,23). The number of aromatic nitrogens is 2. The van der Waals surface area contributed by atoms with Gasteiger partial charge in [-0.3, -0.25) is 9.59 Å². The Hall–Kier alpha value is -2.18. The lowest BCUT2D eigenvalue weighted by molar-refractivity contribution is -0.138. The quantitative estimate of drug-likeness (QED) is 0.881. The Morgan fingerprint density at radius 3 is 2.46 bits per heavy atom. The molecule has 2 aliphatic heterocycles. The average Bonchev–Trinajstić information content (AvgIpc) is 2.62. The number of anilines is 1. The monoisotopic (exact) mass is 331 g/mol. The maximum atomic E-state index is 12.8. The number of rotatable bonds is 3. The second kappa shape index (κ2) is 7.15. The van der Waals surface area contributed by atoms with Gasteiger partial charge in [0.25, 0.3) is 0 Å². The Balaban J connectivity index is 1.59. The van der Waals surface area contributed by atoms with Gasteiger partial charge in [-0.25, -0.2) is 0 Å². The summed E-state index contributed by atoms with van der Waals surface area (Å²) in [5.41, 5.74) is 6.25. The molecule has 1 aromatic rings. The van der Waals surface area contributed by atoms with Crippen molar-refractivity contribution in [3.63, 3.8) is 0 Å². The highest BCUT2D eigenvalue weighted by Crippen LogP contribution is 2.25. The summed E-state index contributed by atoms with van der Waals surface area (Å²) in [6, 6.07) is 3.91. The Labute approximate surface area is 142 Å². The molecule has 2 N–H and O–H groups in total. The third-order valence-electron chi connectivity index (χ3n) is 5.09. The number of hydrogen-bond donors (Lipinski definition) is 1. The van der Waals surface area contributed by atoms with Crippen molar-refractivity contribution in [3.8, 4) is 0 Å². The van der Waals surface area contributed by atoms with Crippen LogP contribution >= 0.6 is 0 Å². The molecule has 2 amide bonds. The molecule has 1 atom stereocenters. The third kappa shape index (κ3) is 3.66. The molecule has 130 valence electrons. The normalized spacial score (nSPS) is 22.5. The molecular formula is C17H25N5O2. The molecule has 3 rings (SSSR count). The van der Waals surface area contributed by atoms with Crippen LogP contribution in [0, 0.1) is 18.8 Å². The van der Waals surface area contributed by atoms with Gasteiger partial charge in [-0.05, 0) is 44.7 Å². The lowest BCUT2D eigenvalue weighted by Crippen LogP contribution is -2.48.